The van der Waals surface area contributed by atoms with Crippen LogP contribution in [0.5, 0.6) is 5.88 Å². The normalized spacial score (nSPS) is 12.4. The molecule has 10 heteroatoms. The smallest absolute Gasteiger partial charge is 0.230 e. The first kappa shape index (κ1) is 18.2. The minimum atomic E-state index is -3.33. The summed E-state index contributed by atoms with van der Waals surface area (Å²) in [5, 5.41) is 9.42. The molecular formula is C23H18FN7O2. The van der Waals surface area contributed by atoms with Crippen LogP contribution in [0.4, 0.5) is 10.2 Å². The first-order valence-corrected chi connectivity index (χ1v) is 9.83. The van der Waals surface area contributed by atoms with Crippen molar-refractivity contribution in [2.75, 3.05) is 12.5 Å². The molecule has 0 radical (unpaired) electrons. The van der Waals surface area contributed by atoms with E-state index in [-0.39, 0.29) is 18.3 Å². The number of hydrogen-bond donors (Lipinski definition) is 2. The average molecular weight is 445 g/mol. The number of rotatable bonds is 6. The Bertz CT molecular complexity index is 1500. The third-order valence-electron chi connectivity index (χ3n) is 5.00. The number of alkyl halides is 1. The zero-order valence-electron chi connectivity index (χ0n) is 19.1. The molecule has 0 unspecified atom stereocenters. The number of nitrogens with zero attached hydrogens (tertiary/aromatic N) is 6. The first-order valence-electron chi connectivity index (χ1n) is 10.8. The average Bonchev–Trinajstić information content (AvgIpc) is 3.22. The lowest BCUT2D eigenvalue weighted by atomic mass is 10.2. The van der Waals surface area contributed by atoms with Gasteiger partial charge in [-0.05, 0) is 35.9 Å². The van der Waals surface area contributed by atoms with E-state index < -0.39 is 6.81 Å². The number of nitrogens with two attached hydrogens (primary N) is 1. The molecule has 5 rings (SSSR count). The molecule has 0 saturated carbocycles. The lowest BCUT2D eigenvalue weighted by Crippen LogP contribution is -2.04. The summed E-state index contributed by atoms with van der Waals surface area (Å²) < 4.78 is 33.2. The molecule has 0 bridgehead atoms. The summed E-state index contributed by atoms with van der Waals surface area (Å²) in [6.45, 7) is -3.42. The number of anilines is 1. The molecule has 4 heterocycles. The fourth-order valence-corrected chi connectivity index (χ4v) is 3.42. The minimum Gasteiger partial charge on any atom is -0.446 e. The highest BCUT2D eigenvalue weighted by Crippen LogP contribution is 2.30. The van der Waals surface area contributed by atoms with Crippen LogP contribution in [0.15, 0.2) is 67.1 Å². The first-order chi connectivity index (χ1) is 16.8. The number of aromatic nitrogens is 6. The lowest BCUT2D eigenvalue weighted by Gasteiger charge is -2.10. The van der Waals surface area contributed by atoms with Crippen molar-refractivity contribution >= 4 is 17.0 Å². The van der Waals surface area contributed by atoms with Crippen molar-refractivity contribution in [2.45, 2.75) is 6.61 Å². The van der Waals surface area contributed by atoms with Crippen molar-refractivity contribution in [3.63, 3.8) is 0 Å². The molecule has 0 aliphatic heterocycles. The Hall–Kier alpha value is -4.44. The number of fused-ring (bicyclic) bond motifs is 1. The maximum atomic E-state index is 13.1. The number of pyridine rings is 2. The van der Waals surface area contributed by atoms with Gasteiger partial charge in [0.1, 0.15) is 14.0 Å². The summed E-state index contributed by atoms with van der Waals surface area (Å²) in [7, 11) is 0. The largest absolute Gasteiger partial charge is 0.446 e. The number of halogens is 1. The number of hydrogen-bond acceptors (Lipinski definition) is 8. The third kappa shape index (κ3) is 3.83. The van der Waals surface area contributed by atoms with Crippen LogP contribution < -0.4 is 10.5 Å². The molecule has 33 heavy (non-hydrogen) atoms. The van der Waals surface area contributed by atoms with E-state index in [4.69, 9.17) is 18.4 Å². The molecule has 0 fully saturated rings. The van der Waals surface area contributed by atoms with Crippen molar-refractivity contribution in [1.82, 2.24) is 29.5 Å². The van der Waals surface area contributed by atoms with Gasteiger partial charge < -0.3 is 15.6 Å². The van der Waals surface area contributed by atoms with Crippen LogP contribution >= 0.6 is 0 Å². The van der Waals surface area contributed by atoms with E-state index in [9.17, 15) is 9.50 Å². The molecule has 0 atom stereocenters. The molecule has 1 aromatic carbocycles. The van der Waals surface area contributed by atoms with Crippen LogP contribution in [-0.4, -0.2) is 41.4 Å². The summed E-state index contributed by atoms with van der Waals surface area (Å²) in [4.78, 5) is 21.9. The third-order valence-corrected chi connectivity index (χ3v) is 5.00. The summed E-state index contributed by atoms with van der Waals surface area (Å²) in [6.07, 6.45) is 4.43. The van der Waals surface area contributed by atoms with E-state index in [1.807, 2.05) is 12.1 Å². The second-order valence-corrected chi connectivity index (χ2v) is 6.99. The fraction of sp³-hybridized carbons (Fsp3) is 0.0870. The van der Waals surface area contributed by atoms with E-state index in [1.165, 1.54) is 24.7 Å². The summed E-state index contributed by atoms with van der Waals surface area (Å²) in [5.41, 5.74) is 10.2. The van der Waals surface area contributed by atoms with Crippen molar-refractivity contribution in [2.24, 2.45) is 0 Å². The van der Waals surface area contributed by atoms with Gasteiger partial charge in [0, 0.05) is 35.9 Å². The maximum Gasteiger partial charge on any atom is 0.230 e. The predicted molar refractivity (Wildman–Crippen MR) is 120 cm³/mol. The molecule has 0 saturated heterocycles. The Morgan fingerprint density at radius 2 is 1.82 bits per heavy atom. The van der Waals surface area contributed by atoms with Gasteiger partial charge in [-0.3, -0.25) is 4.57 Å². The Morgan fingerprint density at radius 1 is 1.00 bits per heavy atom. The Balaban J connectivity index is 1.66. The van der Waals surface area contributed by atoms with Gasteiger partial charge in [0.15, 0.2) is 17.3 Å². The topological polar surface area (TPSA) is 125 Å². The number of ether oxygens (including phenoxy) is 1. The van der Waals surface area contributed by atoms with Crippen molar-refractivity contribution < 1.29 is 17.0 Å². The predicted octanol–water partition coefficient (Wildman–Crippen LogP) is 3.32. The van der Waals surface area contributed by atoms with Gasteiger partial charge in [0.05, 0.1) is 12.3 Å². The highest BCUT2D eigenvalue weighted by Gasteiger charge is 2.19. The van der Waals surface area contributed by atoms with Crippen molar-refractivity contribution in [3.8, 4) is 34.3 Å². The van der Waals surface area contributed by atoms with E-state index in [0.717, 1.165) is 11.3 Å². The van der Waals surface area contributed by atoms with E-state index in [0.29, 0.717) is 33.9 Å². The molecule has 0 aliphatic carbocycles. The molecule has 9 nitrogen and oxygen atoms in total. The van der Waals surface area contributed by atoms with E-state index in [2.05, 4.69) is 19.7 Å². The van der Waals surface area contributed by atoms with Crippen molar-refractivity contribution in [3.05, 3.63) is 72.7 Å². The lowest BCUT2D eigenvalue weighted by molar-refractivity contribution is 0.185. The van der Waals surface area contributed by atoms with Gasteiger partial charge in [0.25, 0.3) is 0 Å². The van der Waals surface area contributed by atoms with Gasteiger partial charge in [-0.1, -0.05) is 12.1 Å². The molecule has 3 N–H and O–H groups in total. The van der Waals surface area contributed by atoms with Gasteiger partial charge in [0.2, 0.25) is 12.7 Å². The molecule has 5 aromatic rings. The van der Waals surface area contributed by atoms with E-state index >= 15 is 0 Å². The van der Waals surface area contributed by atoms with Crippen LogP contribution in [0.3, 0.4) is 0 Å². The molecule has 164 valence electrons. The van der Waals surface area contributed by atoms with Crippen LogP contribution in [0.2, 0.25) is 0 Å². The number of benzene rings is 1. The standard InChI is InChI=1S/C23H18FN7O2/c24-13-33-19-8-3-15(11-28-19)17-6-7-18-22(29-17)31(16-4-1-14(12-32)2-5-16)23(30-18)20-21(25)27-10-9-26-20/h1-11,32H,12-13H2,(H2,25,27)/i13D2. The Labute approximate surface area is 190 Å². The van der Waals surface area contributed by atoms with Gasteiger partial charge in [-0.2, -0.15) is 0 Å². The van der Waals surface area contributed by atoms with Crippen LogP contribution in [0, 0.1) is 0 Å². The van der Waals surface area contributed by atoms with Gasteiger partial charge in [-0.15, -0.1) is 0 Å². The van der Waals surface area contributed by atoms with Crippen LogP contribution in [0.1, 0.15) is 8.30 Å². The number of nitrogen functional groups attached to an aromatic ring is 1. The molecule has 4 aromatic heterocycles. The summed E-state index contributed by atoms with van der Waals surface area (Å²) >= 11 is 0. The maximum absolute atomic E-state index is 13.1. The number of aliphatic hydroxyl groups excluding tert-OH is 1. The minimum absolute atomic E-state index is 0.0893. The fourth-order valence-electron chi connectivity index (χ4n) is 3.42. The van der Waals surface area contributed by atoms with Gasteiger partial charge >= 0.3 is 0 Å². The van der Waals surface area contributed by atoms with E-state index in [1.54, 1.807) is 34.9 Å². The van der Waals surface area contributed by atoms with Crippen LogP contribution in [-0.2, 0) is 6.61 Å². The van der Waals surface area contributed by atoms with Gasteiger partial charge in [-0.25, -0.2) is 29.3 Å². The Kier molecular flexibility index (Phi) is 4.73. The SMILES string of the molecule is [2H]C([2H])(F)Oc1ccc(-c2ccc3nc(-c4nccnc4N)n(-c4ccc(CO)cc4)c3n2)cn1. The number of imidazole rings is 1. The quantitative estimate of drug-likeness (QED) is 0.408. The summed E-state index contributed by atoms with van der Waals surface area (Å²) in [6, 6.07) is 13.7. The zero-order valence-corrected chi connectivity index (χ0v) is 17.1. The Morgan fingerprint density at radius 3 is 2.52 bits per heavy atom. The second-order valence-electron chi connectivity index (χ2n) is 6.99. The number of aliphatic hydroxyl groups is 1. The van der Waals surface area contributed by atoms with Crippen LogP contribution in [0.25, 0.3) is 39.6 Å². The molecule has 0 amide bonds. The second kappa shape index (κ2) is 8.60. The highest BCUT2D eigenvalue weighted by molar-refractivity contribution is 5.83. The van der Waals surface area contributed by atoms with Crippen molar-refractivity contribution in [1.29, 1.82) is 0 Å². The molecule has 0 aliphatic rings. The highest BCUT2D eigenvalue weighted by atomic mass is 19.1. The zero-order chi connectivity index (χ0) is 24.6. The molecule has 0 spiro atoms. The molecular weight excluding hydrogens is 425 g/mol. The summed E-state index contributed by atoms with van der Waals surface area (Å²) in [5.74, 6) is 0.458. The monoisotopic (exact) mass is 445 g/mol.